The number of ether oxygens (including phenoxy) is 2. The SMILES string of the molecule is CNC(c1ccc(Br)cc1OC)c1cc(Br)ccc1OC. The molecule has 1 unspecified atom stereocenters. The largest absolute Gasteiger partial charge is 0.496 e. The first kappa shape index (κ1) is 16.3. The van der Waals surface area contributed by atoms with Crippen LogP contribution in [0.15, 0.2) is 45.3 Å². The van der Waals surface area contributed by atoms with E-state index in [4.69, 9.17) is 9.47 Å². The Morgan fingerprint density at radius 3 is 2.10 bits per heavy atom. The number of methoxy groups -OCH3 is 2. The summed E-state index contributed by atoms with van der Waals surface area (Å²) in [6, 6.07) is 12.0. The normalized spacial score (nSPS) is 12.0. The van der Waals surface area contributed by atoms with Gasteiger partial charge in [-0.15, -0.1) is 0 Å². The van der Waals surface area contributed by atoms with E-state index >= 15 is 0 Å². The van der Waals surface area contributed by atoms with Gasteiger partial charge in [-0.05, 0) is 37.4 Å². The summed E-state index contributed by atoms with van der Waals surface area (Å²) < 4.78 is 13.0. The fourth-order valence-electron chi connectivity index (χ4n) is 2.33. The van der Waals surface area contributed by atoms with E-state index in [2.05, 4.69) is 43.2 Å². The quantitative estimate of drug-likeness (QED) is 0.779. The summed E-state index contributed by atoms with van der Waals surface area (Å²) in [5.41, 5.74) is 2.11. The number of benzene rings is 2. The van der Waals surface area contributed by atoms with E-state index in [9.17, 15) is 0 Å². The van der Waals surface area contributed by atoms with Gasteiger partial charge in [0, 0.05) is 20.1 Å². The Morgan fingerprint density at radius 1 is 0.857 bits per heavy atom. The van der Waals surface area contributed by atoms with E-state index in [1.807, 2.05) is 37.4 Å². The van der Waals surface area contributed by atoms with Crippen molar-refractivity contribution in [2.24, 2.45) is 0 Å². The van der Waals surface area contributed by atoms with Gasteiger partial charge in [-0.1, -0.05) is 37.9 Å². The highest BCUT2D eigenvalue weighted by molar-refractivity contribution is 9.10. The Labute approximate surface area is 141 Å². The lowest BCUT2D eigenvalue weighted by atomic mass is 9.97. The van der Waals surface area contributed by atoms with E-state index in [0.717, 1.165) is 31.6 Å². The molecular weight excluding hydrogens is 398 g/mol. The number of hydrogen-bond acceptors (Lipinski definition) is 3. The van der Waals surface area contributed by atoms with Crippen LogP contribution >= 0.6 is 31.9 Å². The molecule has 3 nitrogen and oxygen atoms in total. The van der Waals surface area contributed by atoms with Crippen LogP contribution in [0.2, 0.25) is 0 Å². The molecule has 0 aliphatic rings. The van der Waals surface area contributed by atoms with Crippen LogP contribution < -0.4 is 14.8 Å². The average Bonchev–Trinajstić information content (AvgIpc) is 2.49. The fraction of sp³-hybridized carbons (Fsp3) is 0.250. The summed E-state index contributed by atoms with van der Waals surface area (Å²) in [6.45, 7) is 0. The average molecular weight is 415 g/mol. The lowest BCUT2D eigenvalue weighted by molar-refractivity contribution is 0.395. The van der Waals surface area contributed by atoms with Gasteiger partial charge in [0.15, 0.2) is 0 Å². The molecular formula is C16H17Br2NO2. The minimum absolute atomic E-state index is 0.0273. The Balaban J connectivity index is 2.57. The van der Waals surface area contributed by atoms with Crippen LogP contribution in [-0.4, -0.2) is 21.3 Å². The molecule has 0 spiro atoms. The van der Waals surface area contributed by atoms with Gasteiger partial charge >= 0.3 is 0 Å². The molecule has 0 fully saturated rings. The molecule has 0 amide bonds. The fourth-order valence-corrected chi connectivity index (χ4v) is 3.05. The van der Waals surface area contributed by atoms with E-state index in [1.165, 1.54) is 0 Å². The molecule has 21 heavy (non-hydrogen) atoms. The van der Waals surface area contributed by atoms with Gasteiger partial charge in [0.25, 0.3) is 0 Å². The van der Waals surface area contributed by atoms with Crippen LogP contribution in [0.3, 0.4) is 0 Å². The first-order valence-electron chi connectivity index (χ1n) is 6.44. The van der Waals surface area contributed by atoms with Crippen molar-refractivity contribution in [3.8, 4) is 11.5 Å². The van der Waals surface area contributed by atoms with Crippen LogP contribution in [0.25, 0.3) is 0 Å². The second-order valence-electron chi connectivity index (χ2n) is 4.49. The first-order valence-corrected chi connectivity index (χ1v) is 8.03. The zero-order chi connectivity index (χ0) is 15.4. The number of rotatable bonds is 5. The van der Waals surface area contributed by atoms with Crippen LogP contribution in [0, 0.1) is 0 Å². The van der Waals surface area contributed by atoms with Crippen LogP contribution in [-0.2, 0) is 0 Å². The molecule has 112 valence electrons. The van der Waals surface area contributed by atoms with Gasteiger partial charge in [0.1, 0.15) is 11.5 Å². The van der Waals surface area contributed by atoms with Crippen molar-refractivity contribution in [2.45, 2.75) is 6.04 Å². The van der Waals surface area contributed by atoms with Crippen LogP contribution in [0.5, 0.6) is 11.5 Å². The van der Waals surface area contributed by atoms with Crippen LogP contribution in [0.1, 0.15) is 17.2 Å². The topological polar surface area (TPSA) is 30.5 Å². The van der Waals surface area contributed by atoms with Gasteiger partial charge < -0.3 is 14.8 Å². The minimum atomic E-state index is -0.0273. The third kappa shape index (κ3) is 3.59. The number of halogens is 2. The molecule has 2 aromatic carbocycles. The third-order valence-corrected chi connectivity index (χ3v) is 4.28. The minimum Gasteiger partial charge on any atom is -0.496 e. The Morgan fingerprint density at radius 2 is 1.48 bits per heavy atom. The maximum atomic E-state index is 5.51. The zero-order valence-electron chi connectivity index (χ0n) is 12.1. The Hall–Kier alpha value is -1.04. The van der Waals surface area contributed by atoms with E-state index in [0.29, 0.717) is 0 Å². The molecule has 0 saturated carbocycles. The highest BCUT2D eigenvalue weighted by Crippen LogP contribution is 2.37. The predicted octanol–water partition coefficient (Wildman–Crippen LogP) is 4.54. The summed E-state index contributed by atoms with van der Waals surface area (Å²) >= 11 is 6.99. The lowest BCUT2D eigenvalue weighted by Gasteiger charge is -2.22. The zero-order valence-corrected chi connectivity index (χ0v) is 15.3. The highest BCUT2D eigenvalue weighted by Gasteiger charge is 2.20. The second-order valence-corrected chi connectivity index (χ2v) is 6.33. The van der Waals surface area contributed by atoms with Crippen molar-refractivity contribution < 1.29 is 9.47 Å². The van der Waals surface area contributed by atoms with Crippen molar-refractivity contribution in [1.29, 1.82) is 0 Å². The van der Waals surface area contributed by atoms with Gasteiger partial charge in [0.2, 0.25) is 0 Å². The van der Waals surface area contributed by atoms with E-state index < -0.39 is 0 Å². The molecule has 0 heterocycles. The molecule has 0 aliphatic carbocycles. The molecule has 0 bridgehead atoms. The molecule has 1 N–H and O–H groups in total. The van der Waals surface area contributed by atoms with Gasteiger partial charge in [-0.2, -0.15) is 0 Å². The maximum absolute atomic E-state index is 5.51. The summed E-state index contributed by atoms with van der Waals surface area (Å²) in [6.07, 6.45) is 0. The smallest absolute Gasteiger partial charge is 0.125 e. The van der Waals surface area contributed by atoms with E-state index in [-0.39, 0.29) is 6.04 Å². The monoisotopic (exact) mass is 413 g/mol. The van der Waals surface area contributed by atoms with Crippen LogP contribution in [0.4, 0.5) is 0 Å². The van der Waals surface area contributed by atoms with Crippen molar-refractivity contribution in [3.05, 3.63) is 56.5 Å². The molecule has 2 aromatic rings. The predicted molar refractivity (Wildman–Crippen MR) is 92.3 cm³/mol. The van der Waals surface area contributed by atoms with Crippen molar-refractivity contribution in [3.63, 3.8) is 0 Å². The summed E-state index contributed by atoms with van der Waals surface area (Å²) in [4.78, 5) is 0. The van der Waals surface area contributed by atoms with Crippen molar-refractivity contribution in [2.75, 3.05) is 21.3 Å². The van der Waals surface area contributed by atoms with Gasteiger partial charge in [-0.3, -0.25) is 0 Å². The molecule has 0 aliphatic heterocycles. The molecule has 2 rings (SSSR count). The molecule has 5 heteroatoms. The third-order valence-electron chi connectivity index (χ3n) is 3.30. The standard InChI is InChI=1S/C16H17Br2NO2/c1-19-16(12-6-4-11(18)9-15(12)21-3)13-8-10(17)5-7-14(13)20-2/h4-9,16,19H,1-3H3. The Kier molecular flexibility index (Phi) is 5.67. The molecule has 0 aromatic heterocycles. The summed E-state index contributed by atoms with van der Waals surface area (Å²) in [5, 5.41) is 3.33. The van der Waals surface area contributed by atoms with Crippen molar-refractivity contribution in [1.82, 2.24) is 5.32 Å². The lowest BCUT2D eigenvalue weighted by Crippen LogP contribution is -2.19. The molecule has 1 atom stereocenters. The highest BCUT2D eigenvalue weighted by atomic mass is 79.9. The number of nitrogens with one attached hydrogen (secondary N) is 1. The second kappa shape index (κ2) is 7.29. The van der Waals surface area contributed by atoms with E-state index in [1.54, 1.807) is 14.2 Å². The summed E-state index contributed by atoms with van der Waals surface area (Å²) in [5.74, 6) is 1.66. The molecule has 0 saturated heterocycles. The maximum Gasteiger partial charge on any atom is 0.125 e. The summed E-state index contributed by atoms with van der Waals surface area (Å²) in [7, 11) is 5.28. The molecule has 0 radical (unpaired) electrons. The number of hydrogen-bond donors (Lipinski definition) is 1. The Bertz CT molecular complexity index is 632. The first-order chi connectivity index (χ1) is 10.1. The van der Waals surface area contributed by atoms with Crippen molar-refractivity contribution >= 4 is 31.9 Å². The van der Waals surface area contributed by atoms with Gasteiger partial charge in [0.05, 0.1) is 20.3 Å². The van der Waals surface area contributed by atoms with Gasteiger partial charge in [-0.25, -0.2) is 0 Å².